The van der Waals surface area contributed by atoms with E-state index in [2.05, 4.69) is 5.32 Å². The Balaban J connectivity index is 1.71. The lowest BCUT2D eigenvalue weighted by atomic mass is 9.77. The largest absolute Gasteiger partial charge is 0.486 e. The van der Waals surface area contributed by atoms with Crippen LogP contribution >= 0.6 is 0 Å². The van der Waals surface area contributed by atoms with Crippen LogP contribution in [0.15, 0.2) is 12.1 Å². The summed E-state index contributed by atoms with van der Waals surface area (Å²) in [5.74, 6) is 1.12. The number of rotatable bonds is 4. The molecule has 0 aromatic heterocycles. The summed E-state index contributed by atoms with van der Waals surface area (Å²) in [4.78, 5) is 12.2. The average molecular weight is 292 g/mol. The van der Waals surface area contributed by atoms with E-state index in [1.807, 2.05) is 0 Å². The molecule has 1 amide bonds. The van der Waals surface area contributed by atoms with Gasteiger partial charge in [-0.3, -0.25) is 4.79 Å². The summed E-state index contributed by atoms with van der Waals surface area (Å²) in [6.07, 6.45) is 3.30. The summed E-state index contributed by atoms with van der Waals surface area (Å²) in [5.41, 5.74) is 6.67. The summed E-state index contributed by atoms with van der Waals surface area (Å²) in [7, 11) is 1.66. The Morgan fingerprint density at radius 3 is 2.57 bits per heavy atom. The van der Waals surface area contributed by atoms with Gasteiger partial charge in [0.25, 0.3) is 0 Å². The first-order valence-electron chi connectivity index (χ1n) is 7.16. The van der Waals surface area contributed by atoms with Gasteiger partial charge >= 0.3 is 0 Å². The molecule has 6 heteroatoms. The first-order chi connectivity index (χ1) is 10.1. The SMILES string of the molecule is COC1(CC(=O)Nc2cc3c(cc2N)OCCO3)CCC1. The normalized spacial score (nSPS) is 18.7. The summed E-state index contributed by atoms with van der Waals surface area (Å²) in [5, 5.41) is 2.84. The zero-order chi connectivity index (χ0) is 14.9. The molecule has 0 saturated heterocycles. The quantitative estimate of drug-likeness (QED) is 0.829. The highest BCUT2D eigenvalue weighted by Gasteiger charge is 2.39. The molecule has 1 saturated carbocycles. The van der Waals surface area contributed by atoms with E-state index < -0.39 is 0 Å². The number of fused-ring (bicyclic) bond motifs is 1. The number of carbonyl (C=O) groups is 1. The number of benzene rings is 1. The van der Waals surface area contributed by atoms with Crippen molar-refractivity contribution in [1.82, 2.24) is 0 Å². The maximum atomic E-state index is 12.2. The molecule has 3 rings (SSSR count). The fraction of sp³-hybridized carbons (Fsp3) is 0.533. The van der Waals surface area contributed by atoms with E-state index in [0.29, 0.717) is 42.5 Å². The van der Waals surface area contributed by atoms with E-state index in [0.717, 1.165) is 19.3 Å². The van der Waals surface area contributed by atoms with Gasteiger partial charge in [0, 0.05) is 19.2 Å². The second kappa shape index (κ2) is 5.44. The molecule has 1 heterocycles. The van der Waals surface area contributed by atoms with Gasteiger partial charge in [0.05, 0.1) is 23.4 Å². The number of amides is 1. The monoisotopic (exact) mass is 292 g/mol. The van der Waals surface area contributed by atoms with Crippen molar-refractivity contribution in [2.75, 3.05) is 31.4 Å². The minimum Gasteiger partial charge on any atom is -0.486 e. The minimum atomic E-state index is -0.299. The molecule has 0 bridgehead atoms. The molecule has 1 aromatic rings. The Bertz CT molecular complexity index is 549. The molecule has 0 atom stereocenters. The van der Waals surface area contributed by atoms with Gasteiger partial charge in [0.1, 0.15) is 13.2 Å². The molecular formula is C15H20N2O4. The predicted molar refractivity (Wildman–Crippen MR) is 78.7 cm³/mol. The van der Waals surface area contributed by atoms with Crippen molar-refractivity contribution in [2.45, 2.75) is 31.3 Å². The van der Waals surface area contributed by atoms with Crippen molar-refractivity contribution < 1.29 is 19.0 Å². The summed E-state index contributed by atoms with van der Waals surface area (Å²) in [6.45, 7) is 1.01. The minimum absolute atomic E-state index is 0.0973. The number of nitrogens with one attached hydrogen (secondary N) is 1. The topological polar surface area (TPSA) is 82.8 Å². The molecule has 1 fully saturated rings. The molecule has 0 spiro atoms. The number of methoxy groups -OCH3 is 1. The van der Waals surface area contributed by atoms with E-state index >= 15 is 0 Å². The number of hydrogen-bond acceptors (Lipinski definition) is 5. The van der Waals surface area contributed by atoms with Crippen LogP contribution in [0.2, 0.25) is 0 Å². The molecule has 0 unspecified atom stereocenters. The highest BCUT2D eigenvalue weighted by Crippen LogP contribution is 2.39. The van der Waals surface area contributed by atoms with Crippen molar-refractivity contribution in [3.63, 3.8) is 0 Å². The van der Waals surface area contributed by atoms with Gasteiger partial charge in [-0.05, 0) is 19.3 Å². The first kappa shape index (κ1) is 14.0. The van der Waals surface area contributed by atoms with Crippen LogP contribution in [0.4, 0.5) is 11.4 Å². The van der Waals surface area contributed by atoms with E-state index in [1.54, 1.807) is 19.2 Å². The molecule has 114 valence electrons. The third kappa shape index (κ3) is 2.76. The van der Waals surface area contributed by atoms with Gasteiger partial charge in [0.2, 0.25) is 5.91 Å². The summed E-state index contributed by atoms with van der Waals surface area (Å²) < 4.78 is 16.4. The summed E-state index contributed by atoms with van der Waals surface area (Å²) in [6, 6.07) is 3.39. The Kier molecular flexibility index (Phi) is 3.63. The molecule has 1 aliphatic heterocycles. The number of ether oxygens (including phenoxy) is 3. The van der Waals surface area contributed by atoms with Crippen LogP contribution in [-0.2, 0) is 9.53 Å². The smallest absolute Gasteiger partial charge is 0.227 e. The fourth-order valence-corrected chi connectivity index (χ4v) is 2.72. The molecule has 1 aliphatic carbocycles. The van der Waals surface area contributed by atoms with Gasteiger partial charge in [-0.25, -0.2) is 0 Å². The highest BCUT2D eigenvalue weighted by atomic mass is 16.6. The van der Waals surface area contributed by atoms with Crippen molar-refractivity contribution >= 4 is 17.3 Å². The Morgan fingerprint density at radius 1 is 1.33 bits per heavy atom. The Morgan fingerprint density at radius 2 is 2.00 bits per heavy atom. The number of hydrogen-bond donors (Lipinski definition) is 2. The van der Waals surface area contributed by atoms with Gasteiger partial charge in [0.15, 0.2) is 11.5 Å². The lowest BCUT2D eigenvalue weighted by molar-refractivity contribution is -0.129. The lowest BCUT2D eigenvalue weighted by Gasteiger charge is -2.39. The Labute approximate surface area is 123 Å². The summed E-state index contributed by atoms with van der Waals surface area (Å²) >= 11 is 0. The lowest BCUT2D eigenvalue weighted by Crippen LogP contribution is -2.42. The maximum Gasteiger partial charge on any atom is 0.227 e. The standard InChI is InChI=1S/C15H20N2O4/c1-19-15(3-2-4-15)9-14(18)17-11-8-13-12(7-10(11)16)20-5-6-21-13/h7-8H,2-6,9,16H2,1H3,(H,17,18). The van der Waals surface area contributed by atoms with E-state index in [9.17, 15) is 4.79 Å². The number of carbonyl (C=O) groups excluding carboxylic acids is 1. The van der Waals surface area contributed by atoms with Crippen LogP contribution in [0, 0.1) is 0 Å². The zero-order valence-electron chi connectivity index (χ0n) is 12.1. The maximum absolute atomic E-state index is 12.2. The van der Waals surface area contributed by atoms with Crippen molar-refractivity contribution in [3.05, 3.63) is 12.1 Å². The molecule has 1 aromatic carbocycles. The van der Waals surface area contributed by atoms with Crippen LogP contribution in [0.25, 0.3) is 0 Å². The first-order valence-corrected chi connectivity index (χ1v) is 7.16. The molecule has 21 heavy (non-hydrogen) atoms. The van der Waals surface area contributed by atoms with Crippen LogP contribution in [0.5, 0.6) is 11.5 Å². The number of nitrogen functional groups attached to an aromatic ring is 1. The van der Waals surface area contributed by atoms with Crippen LogP contribution in [0.3, 0.4) is 0 Å². The number of nitrogens with two attached hydrogens (primary N) is 1. The number of anilines is 2. The molecule has 6 nitrogen and oxygen atoms in total. The van der Waals surface area contributed by atoms with Crippen LogP contribution in [0.1, 0.15) is 25.7 Å². The molecular weight excluding hydrogens is 272 g/mol. The van der Waals surface area contributed by atoms with Gasteiger partial charge in [-0.15, -0.1) is 0 Å². The third-order valence-electron chi connectivity index (χ3n) is 4.17. The second-order valence-electron chi connectivity index (χ2n) is 5.55. The predicted octanol–water partition coefficient (Wildman–Crippen LogP) is 1.94. The average Bonchev–Trinajstić information content (AvgIpc) is 2.44. The van der Waals surface area contributed by atoms with Crippen LogP contribution < -0.4 is 20.5 Å². The van der Waals surface area contributed by atoms with E-state index in [4.69, 9.17) is 19.9 Å². The highest BCUT2D eigenvalue weighted by molar-refractivity contribution is 5.95. The molecule has 0 radical (unpaired) electrons. The fourth-order valence-electron chi connectivity index (χ4n) is 2.72. The van der Waals surface area contributed by atoms with E-state index in [1.165, 1.54) is 0 Å². The molecule has 3 N–H and O–H groups in total. The Hall–Kier alpha value is -1.95. The van der Waals surface area contributed by atoms with Crippen molar-refractivity contribution in [2.24, 2.45) is 0 Å². The third-order valence-corrected chi connectivity index (χ3v) is 4.17. The van der Waals surface area contributed by atoms with Gasteiger partial charge in [-0.1, -0.05) is 0 Å². The van der Waals surface area contributed by atoms with Gasteiger partial charge in [-0.2, -0.15) is 0 Å². The van der Waals surface area contributed by atoms with Crippen molar-refractivity contribution in [1.29, 1.82) is 0 Å². The second-order valence-corrected chi connectivity index (χ2v) is 5.55. The van der Waals surface area contributed by atoms with Crippen molar-refractivity contribution in [3.8, 4) is 11.5 Å². The zero-order valence-corrected chi connectivity index (χ0v) is 12.1. The van der Waals surface area contributed by atoms with Crippen LogP contribution in [-0.4, -0.2) is 31.8 Å². The van der Waals surface area contributed by atoms with E-state index in [-0.39, 0.29) is 11.5 Å². The molecule has 2 aliphatic rings. The van der Waals surface area contributed by atoms with Gasteiger partial charge < -0.3 is 25.3 Å².